The maximum Gasteiger partial charge on any atom is 0.119 e. The van der Waals surface area contributed by atoms with Gasteiger partial charge in [0, 0.05) is 15.7 Å². The van der Waals surface area contributed by atoms with Gasteiger partial charge in [0.05, 0.1) is 6.10 Å². The van der Waals surface area contributed by atoms with Gasteiger partial charge in [-0.15, -0.1) is 11.8 Å². The minimum absolute atomic E-state index is 0.216. The van der Waals surface area contributed by atoms with E-state index in [1.807, 2.05) is 6.07 Å². The van der Waals surface area contributed by atoms with Crippen LogP contribution in [0.15, 0.2) is 53.4 Å². The first-order valence-corrected chi connectivity index (χ1v) is 7.48. The average Bonchev–Trinajstić information content (AvgIpc) is 2.45. The van der Waals surface area contributed by atoms with Crippen LogP contribution in [-0.4, -0.2) is 28.7 Å². The van der Waals surface area contributed by atoms with Crippen LogP contribution in [0.25, 0.3) is 0 Å². The molecule has 2 N–H and O–H groups in total. The van der Waals surface area contributed by atoms with Crippen molar-refractivity contribution in [1.29, 1.82) is 0 Å². The van der Waals surface area contributed by atoms with Crippen LogP contribution in [0, 0.1) is 0 Å². The normalized spacial score (nSPS) is 12.1. The summed E-state index contributed by atoms with van der Waals surface area (Å²) in [5, 5.41) is 19.9. The molecule has 0 spiro atoms. The molecule has 0 heterocycles. The van der Waals surface area contributed by atoms with Crippen LogP contribution < -0.4 is 4.74 Å². The zero-order valence-corrected chi connectivity index (χ0v) is 12.3. The SMILES string of the molecule is Oc1cccc(SCC(O)COc2ccc(Cl)cc2)c1. The first-order valence-electron chi connectivity index (χ1n) is 6.12. The second-order valence-electron chi connectivity index (χ2n) is 4.23. The Morgan fingerprint density at radius 1 is 1.15 bits per heavy atom. The molecule has 0 amide bonds. The number of aromatic hydroxyl groups is 1. The number of rotatable bonds is 6. The highest BCUT2D eigenvalue weighted by molar-refractivity contribution is 7.99. The van der Waals surface area contributed by atoms with Crippen molar-refractivity contribution in [3.05, 3.63) is 53.6 Å². The Hall–Kier alpha value is -1.36. The molecule has 1 unspecified atom stereocenters. The summed E-state index contributed by atoms with van der Waals surface area (Å²) in [6.07, 6.45) is -0.585. The van der Waals surface area contributed by atoms with Crippen LogP contribution >= 0.6 is 23.4 Å². The lowest BCUT2D eigenvalue weighted by Crippen LogP contribution is -2.19. The van der Waals surface area contributed by atoms with E-state index < -0.39 is 6.10 Å². The lowest BCUT2D eigenvalue weighted by atomic mass is 10.3. The van der Waals surface area contributed by atoms with Crippen molar-refractivity contribution in [2.75, 3.05) is 12.4 Å². The fourth-order valence-corrected chi connectivity index (χ4v) is 2.52. The highest BCUT2D eigenvalue weighted by Crippen LogP contribution is 2.23. The third kappa shape index (κ3) is 4.96. The number of halogens is 1. The molecule has 20 heavy (non-hydrogen) atoms. The molecular weight excluding hydrogens is 296 g/mol. The van der Waals surface area contributed by atoms with E-state index in [1.165, 1.54) is 11.8 Å². The van der Waals surface area contributed by atoms with Crippen molar-refractivity contribution in [2.24, 2.45) is 0 Å². The van der Waals surface area contributed by atoms with Crippen LogP contribution in [0.2, 0.25) is 5.02 Å². The number of benzene rings is 2. The Morgan fingerprint density at radius 3 is 2.60 bits per heavy atom. The fraction of sp³-hybridized carbons (Fsp3) is 0.200. The predicted octanol–water partition coefficient (Wildman–Crippen LogP) is 3.58. The van der Waals surface area contributed by atoms with Crippen molar-refractivity contribution < 1.29 is 14.9 Å². The molecule has 0 saturated carbocycles. The van der Waals surface area contributed by atoms with Crippen molar-refractivity contribution in [2.45, 2.75) is 11.0 Å². The Bertz CT molecular complexity index is 545. The molecule has 3 nitrogen and oxygen atoms in total. The van der Waals surface area contributed by atoms with Gasteiger partial charge in [0.1, 0.15) is 18.1 Å². The molecule has 2 aromatic rings. The minimum atomic E-state index is -0.585. The van der Waals surface area contributed by atoms with E-state index in [4.69, 9.17) is 16.3 Å². The maximum atomic E-state index is 9.86. The number of aliphatic hydroxyl groups is 1. The average molecular weight is 311 g/mol. The molecule has 5 heteroatoms. The van der Waals surface area contributed by atoms with Crippen LogP contribution in [0.4, 0.5) is 0 Å². The molecule has 0 radical (unpaired) electrons. The van der Waals surface area contributed by atoms with Gasteiger partial charge < -0.3 is 14.9 Å². The highest BCUT2D eigenvalue weighted by Gasteiger charge is 2.07. The first kappa shape index (κ1) is 15.0. The molecule has 0 aliphatic carbocycles. The van der Waals surface area contributed by atoms with E-state index in [0.29, 0.717) is 16.5 Å². The van der Waals surface area contributed by atoms with Gasteiger partial charge >= 0.3 is 0 Å². The highest BCUT2D eigenvalue weighted by atomic mass is 35.5. The monoisotopic (exact) mass is 310 g/mol. The Kier molecular flexibility index (Phi) is 5.59. The summed E-state index contributed by atoms with van der Waals surface area (Å²) in [7, 11) is 0. The van der Waals surface area contributed by atoms with E-state index >= 15 is 0 Å². The summed E-state index contributed by atoms with van der Waals surface area (Å²) in [5.41, 5.74) is 0. The molecule has 2 rings (SSSR count). The van der Waals surface area contributed by atoms with Gasteiger partial charge in [-0.05, 0) is 42.5 Å². The summed E-state index contributed by atoms with van der Waals surface area (Å²) < 4.78 is 5.46. The smallest absolute Gasteiger partial charge is 0.119 e. The number of hydrogen-bond acceptors (Lipinski definition) is 4. The van der Waals surface area contributed by atoms with Crippen molar-refractivity contribution in [3.63, 3.8) is 0 Å². The van der Waals surface area contributed by atoms with Gasteiger partial charge in [0.2, 0.25) is 0 Å². The number of aliphatic hydroxyl groups excluding tert-OH is 1. The van der Waals surface area contributed by atoms with Gasteiger partial charge in [-0.3, -0.25) is 0 Å². The standard InChI is InChI=1S/C15H15ClO3S/c16-11-4-6-14(7-5-11)19-9-13(18)10-20-15-3-1-2-12(17)8-15/h1-8,13,17-18H,9-10H2. The summed E-state index contributed by atoms with van der Waals surface area (Å²) in [5.74, 6) is 1.40. The summed E-state index contributed by atoms with van der Waals surface area (Å²) in [4.78, 5) is 0.913. The Labute approximate surface area is 127 Å². The third-order valence-corrected chi connectivity index (χ3v) is 3.91. The van der Waals surface area contributed by atoms with Crippen LogP contribution in [0.5, 0.6) is 11.5 Å². The van der Waals surface area contributed by atoms with Crippen molar-refractivity contribution in [3.8, 4) is 11.5 Å². The van der Waals surface area contributed by atoms with E-state index in [9.17, 15) is 10.2 Å². The number of phenols is 1. The summed E-state index contributed by atoms with van der Waals surface area (Å²) >= 11 is 7.25. The van der Waals surface area contributed by atoms with E-state index in [0.717, 1.165) is 4.90 Å². The van der Waals surface area contributed by atoms with E-state index in [1.54, 1.807) is 42.5 Å². The molecule has 0 bridgehead atoms. The lowest BCUT2D eigenvalue weighted by molar-refractivity contribution is 0.126. The fourth-order valence-electron chi connectivity index (χ4n) is 1.54. The molecule has 0 fully saturated rings. The lowest BCUT2D eigenvalue weighted by Gasteiger charge is -2.12. The second kappa shape index (κ2) is 7.43. The molecule has 0 aliphatic heterocycles. The second-order valence-corrected chi connectivity index (χ2v) is 5.76. The van der Waals surface area contributed by atoms with Crippen LogP contribution in [0.3, 0.4) is 0 Å². The topological polar surface area (TPSA) is 49.7 Å². The number of ether oxygens (including phenoxy) is 1. The number of phenolic OH excluding ortho intramolecular Hbond substituents is 1. The van der Waals surface area contributed by atoms with Crippen molar-refractivity contribution >= 4 is 23.4 Å². The molecule has 2 aromatic carbocycles. The van der Waals surface area contributed by atoms with Gasteiger partial charge in [0.15, 0.2) is 0 Å². The largest absolute Gasteiger partial charge is 0.508 e. The zero-order chi connectivity index (χ0) is 14.4. The third-order valence-electron chi connectivity index (χ3n) is 2.52. The van der Waals surface area contributed by atoms with E-state index in [2.05, 4.69) is 0 Å². The first-order chi connectivity index (χ1) is 9.63. The summed E-state index contributed by atoms with van der Waals surface area (Å²) in [6, 6.07) is 13.9. The zero-order valence-electron chi connectivity index (χ0n) is 10.7. The van der Waals surface area contributed by atoms with Crippen LogP contribution in [0.1, 0.15) is 0 Å². The minimum Gasteiger partial charge on any atom is -0.508 e. The summed E-state index contributed by atoms with van der Waals surface area (Å²) in [6.45, 7) is 0.216. The van der Waals surface area contributed by atoms with Crippen LogP contribution in [-0.2, 0) is 0 Å². The maximum absolute atomic E-state index is 9.86. The number of thioether (sulfide) groups is 1. The molecular formula is C15H15ClO3S. The van der Waals surface area contributed by atoms with Gasteiger partial charge in [0.25, 0.3) is 0 Å². The number of hydrogen-bond donors (Lipinski definition) is 2. The molecule has 1 atom stereocenters. The van der Waals surface area contributed by atoms with Crippen molar-refractivity contribution in [1.82, 2.24) is 0 Å². The Morgan fingerprint density at radius 2 is 1.90 bits per heavy atom. The van der Waals surface area contributed by atoms with Gasteiger partial charge in [-0.2, -0.15) is 0 Å². The molecule has 106 valence electrons. The quantitative estimate of drug-likeness (QED) is 0.801. The van der Waals surface area contributed by atoms with Gasteiger partial charge in [-0.1, -0.05) is 17.7 Å². The molecule has 0 saturated heterocycles. The predicted molar refractivity (Wildman–Crippen MR) is 81.8 cm³/mol. The Balaban J connectivity index is 1.75. The molecule has 0 aromatic heterocycles. The van der Waals surface area contributed by atoms with E-state index in [-0.39, 0.29) is 12.4 Å². The molecule has 0 aliphatic rings. The van der Waals surface area contributed by atoms with Gasteiger partial charge in [-0.25, -0.2) is 0 Å².